The van der Waals surface area contributed by atoms with Crippen LogP contribution in [-0.4, -0.2) is 40.9 Å². The van der Waals surface area contributed by atoms with E-state index in [0.29, 0.717) is 11.7 Å². The number of hydrogen-bond donors (Lipinski definition) is 1. The van der Waals surface area contributed by atoms with E-state index in [0.717, 1.165) is 37.4 Å². The van der Waals surface area contributed by atoms with Gasteiger partial charge < -0.3 is 15.0 Å². The number of nitrogens with zero attached hydrogens (tertiary/aromatic N) is 4. The van der Waals surface area contributed by atoms with Gasteiger partial charge in [0.15, 0.2) is 0 Å². The number of aromatic nitrogens is 3. The summed E-state index contributed by atoms with van der Waals surface area (Å²) in [5.74, 6) is 0.988. The Morgan fingerprint density at radius 2 is 2.28 bits per heavy atom. The van der Waals surface area contributed by atoms with E-state index >= 15 is 0 Å². The van der Waals surface area contributed by atoms with Gasteiger partial charge in [-0.1, -0.05) is 0 Å². The van der Waals surface area contributed by atoms with Gasteiger partial charge in [-0.3, -0.25) is 9.48 Å². The van der Waals surface area contributed by atoms with Crippen LogP contribution in [0.15, 0.2) is 30.6 Å². The fourth-order valence-corrected chi connectivity index (χ4v) is 3.14. The molecule has 2 atom stereocenters. The summed E-state index contributed by atoms with van der Waals surface area (Å²) in [7, 11) is 3.67. The summed E-state index contributed by atoms with van der Waals surface area (Å²) >= 11 is 0. The average molecular weight is 343 g/mol. The van der Waals surface area contributed by atoms with Crippen molar-refractivity contribution in [3.8, 4) is 0 Å². The lowest BCUT2D eigenvalue weighted by molar-refractivity contribution is -0.116. The minimum absolute atomic E-state index is 0.0356. The lowest BCUT2D eigenvalue weighted by atomic mass is 9.92. The molecular weight excluding hydrogens is 318 g/mol. The van der Waals surface area contributed by atoms with Crippen LogP contribution < -0.4 is 10.2 Å². The maximum Gasteiger partial charge on any atom is 0.224 e. The second kappa shape index (κ2) is 7.65. The fourth-order valence-electron chi connectivity index (χ4n) is 3.14. The maximum atomic E-state index is 11.4. The predicted molar refractivity (Wildman–Crippen MR) is 96.4 cm³/mol. The molecule has 1 aliphatic heterocycles. The molecule has 0 aromatic carbocycles. The zero-order chi connectivity index (χ0) is 17.8. The Bertz CT molecular complexity index is 713. The van der Waals surface area contributed by atoms with E-state index in [-0.39, 0.29) is 12.0 Å². The molecule has 1 aliphatic rings. The van der Waals surface area contributed by atoms with Crippen LogP contribution in [0.3, 0.4) is 0 Å². The van der Waals surface area contributed by atoms with E-state index in [2.05, 4.69) is 15.4 Å². The third kappa shape index (κ3) is 3.99. The first kappa shape index (κ1) is 17.4. The first-order valence-electron chi connectivity index (χ1n) is 8.60. The van der Waals surface area contributed by atoms with Crippen LogP contribution in [0, 0.1) is 5.92 Å². The highest BCUT2D eigenvalue weighted by Crippen LogP contribution is 2.33. The molecule has 7 nitrogen and oxygen atoms in total. The van der Waals surface area contributed by atoms with Crippen LogP contribution in [0.1, 0.15) is 31.6 Å². The summed E-state index contributed by atoms with van der Waals surface area (Å²) in [5.41, 5.74) is 2.05. The van der Waals surface area contributed by atoms with Gasteiger partial charge in [-0.2, -0.15) is 5.10 Å². The van der Waals surface area contributed by atoms with Crippen molar-refractivity contribution in [1.82, 2.24) is 14.8 Å². The van der Waals surface area contributed by atoms with Gasteiger partial charge in [0.05, 0.1) is 17.6 Å². The highest BCUT2D eigenvalue weighted by atomic mass is 16.5. The second-order valence-corrected chi connectivity index (χ2v) is 6.44. The minimum Gasteiger partial charge on any atom is -0.383 e. The van der Waals surface area contributed by atoms with E-state index in [1.165, 1.54) is 11.8 Å². The van der Waals surface area contributed by atoms with E-state index in [1.807, 2.05) is 36.1 Å². The van der Waals surface area contributed by atoms with Crippen molar-refractivity contribution in [2.45, 2.75) is 25.9 Å². The summed E-state index contributed by atoms with van der Waals surface area (Å²) < 4.78 is 7.91. The molecule has 134 valence electrons. The monoisotopic (exact) mass is 343 g/mol. The molecule has 0 saturated carbocycles. The van der Waals surface area contributed by atoms with Gasteiger partial charge in [0.1, 0.15) is 11.9 Å². The van der Waals surface area contributed by atoms with Crippen molar-refractivity contribution in [2.75, 3.05) is 30.4 Å². The molecule has 2 aromatic heterocycles. The number of anilines is 2. The van der Waals surface area contributed by atoms with E-state index in [1.54, 1.807) is 13.2 Å². The molecule has 0 bridgehead atoms. The smallest absolute Gasteiger partial charge is 0.224 e. The third-order valence-corrected chi connectivity index (χ3v) is 4.73. The number of aryl methyl sites for hydroxylation is 1. The zero-order valence-electron chi connectivity index (χ0n) is 15.0. The molecule has 0 unspecified atom stereocenters. The minimum atomic E-state index is -0.0356. The number of hydrogen-bond acceptors (Lipinski definition) is 5. The summed E-state index contributed by atoms with van der Waals surface area (Å²) in [4.78, 5) is 17.3. The van der Waals surface area contributed by atoms with Gasteiger partial charge in [0.2, 0.25) is 5.91 Å². The van der Waals surface area contributed by atoms with Gasteiger partial charge in [0.25, 0.3) is 0 Å². The number of carbonyl (C=O) groups excluding carboxylic acids is 1. The standard InChI is InChI=1S/C18H25N5O2/c1-13(24)22(2)17-7-6-15(12-20-17)19-11-14-5-4-10-25-18(14)16-8-9-21-23(16)3/h6-9,12,14,18-19H,4-5,10-11H2,1-3H3/t14-,18+/m0/s1. The molecule has 0 radical (unpaired) electrons. The third-order valence-electron chi connectivity index (χ3n) is 4.73. The Hall–Kier alpha value is -2.41. The van der Waals surface area contributed by atoms with Gasteiger partial charge in [0, 0.05) is 46.3 Å². The van der Waals surface area contributed by atoms with E-state index < -0.39 is 0 Å². The number of rotatable bonds is 5. The van der Waals surface area contributed by atoms with Crippen molar-refractivity contribution in [3.63, 3.8) is 0 Å². The van der Waals surface area contributed by atoms with Gasteiger partial charge in [-0.25, -0.2) is 4.98 Å². The normalized spacial score (nSPS) is 20.3. The Morgan fingerprint density at radius 3 is 2.92 bits per heavy atom. The molecule has 7 heteroatoms. The summed E-state index contributed by atoms with van der Waals surface area (Å²) in [5, 5.41) is 7.70. The number of carbonyl (C=O) groups is 1. The largest absolute Gasteiger partial charge is 0.383 e. The van der Waals surface area contributed by atoms with Crippen molar-refractivity contribution < 1.29 is 9.53 Å². The van der Waals surface area contributed by atoms with Crippen molar-refractivity contribution in [1.29, 1.82) is 0 Å². The first-order chi connectivity index (χ1) is 12.1. The quantitative estimate of drug-likeness (QED) is 0.902. The van der Waals surface area contributed by atoms with Crippen LogP contribution in [-0.2, 0) is 16.6 Å². The van der Waals surface area contributed by atoms with Crippen LogP contribution in [0.2, 0.25) is 0 Å². The van der Waals surface area contributed by atoms with E-state index in [9.17, 15) is 4.79 Å². The van der Waals surface area contributed by atoms with Crippen LogP contribution >= 0.6 is 0 Å². The van der Waals surface area contributed by atoms with Crippen LogP contribution in [0.4, 0.5) is 11.5 Å². The molecular formula is C18H25N5O2. The molecule has 3 rings (SSSR count). The Kier molecular flexibility index (Phi) is 5.33. The molecule has 1 fully saturated rings. The Morgan fingerprint density at radius 1 is 1.44 bits per heavy atom. The molecule has 2 aromatic rings. The van der Waals surface area contributed by atoms with Gasteiger partial charge in [-0.15, -0.1) is 0 Å². The zero-order valence-corrected chi connectivity index (χ0v) is 15.0. The second-order valence-electron chi connectivity index (χ2n) is 6.44. The molecule has 25 heavy (non-hydrogen) atoms. The highest BCUT2D eigenvalue weighted by Gasteiger charge is 2.29. The average Bonchev–Trinajstić information content (AvgIpc) is 3.05. The summed E-state index contributed by atoms with van der Waals surface area (Å²) in [6.07, 6.45) is 5.82. The topological polar surface area (TPSA) is 72.3 Å². The van der Waals surface area contributed by atoms with Gasteiger partial charge in [-0.05, 0) is 31.0 Å². The summed E-state index contributed by atoms with van der Waals surface area (Å²) in [6.45, 7) is 3.12. The fraction of sp³-hybridized carbons (Fsp3) is 0.500. The number of amides is 1. The highest BCUT2D eigenvalue weighted by molar-refractivity contribution is 5.89. The van der Waals surface area contributed by atoms with E-state index in [4.69, 9.17) is 4.74 Å². The first-order valence-corrected chi connectivity index (χ1v) is 8.60. The molecule has 0 aliphatic carbocycles. The van der Waals surface area contributed by atoms with Crippen LogP contribution in [0.5, 0.6) is 0 Å². The number of ether oxygens (including phenoxy) is 1. The lowest BCUT2D eigenvalue weighted by Gasteiger charge is -2.32. The lowest BCUT2D eigenvalue weighted by Crippen LogP contribution is -2.29. The van der Waals surface area contributed by atoms with Crippen molar-refractivity contribution in [3.05, 3.63) is 36.3 Å². The van der Waals surface area contributed by atoms with Crippen molar-refractivity contribution >= 4 is 17.4 Å². The molecule has 1 saturated heterocycles. The summed E-state index contributed by atoms with van der Waals surface area (Å²) in [6, 6.07) is 5.82. The maximum absolute atomic E-state index is 11.4. The van der Waals surface area contributed by atoms with Crippen molar-refractivity contribution in [2.24, 2.45) is 13.0 Å². The Balaban J connectivity index is 1.63. The number of pyridine rings is 1. The molecule has 0 spiro atoms. The molecule has 1 amide bonds. The molecule has 3 heterocycles. The SMILES string of the molecule is CC(=O)N(C)c1ccc(NC[C@@H]2CCCO[C@H]2c2ccnn2C)cn1. The Labute approximate surface area is 148 Å². The van der Waals surface area contributed by atoms with Crippen LogP contribution in [0.25, 0.3) is 0 Å². The molecule has 1 N–H and O–H groups in total. The number of nitrogens with one attached hydrogen (secondary N) is 1. The van der Waals surface area contributed by atoms with Gasteiger partial charge >= 0.3 is 0 Å². The predicted octanol–water partition coefficient (Wildman–Crippen LogP) is 2.38.